The number of anilines is 2. The largest absolute Gasteiger partial charge is 0.494 e. The minimum atomic E-state index is -0.781. The number of carbonyl (C=O) groups is 3. The summed E-state index contributed by atoms with van der Waals surface area (Å²) in [6, 6.07) is 15.7. The van der Waals surface area contributed by atoms with Crippen LogP contribution in [0.3, 0.4) is 0 Å². The van der Waals surface area contributed by atoms with Gasteiger partial charge in [0.1, 0.15) is 11.0 Å². The molecule has 2 N–H and O–H groups in total. The summed E-state index contributed by atoms with van der Waals surface area (Å²) in [4.78, 5) is 38.1. The van der Waals surface area contributed by atoms with Gasteiger partial charge in [-0.25, -0.2) is 4.90 Å². The minimum Gasteiger partial charge on any atom is -0.494 e. The van der Waals surface area contributed by atoms with E-state index in [-0.39, 0.29) is 11.5 Å². The summed E-state index contributed by atoms with van der Waals surface area (Å²) in [5.74, 6) is -0.119. The van der Waals surface area contributed by atoms with Crippen molar-refractivity contribution in [2.45, 2.75) is 18.6 Å². The molecule has 1 saturated heterocycles. The molecule has 29 heavy (non-hydrogen) atoms. The van der Waals surface area contributed by atoms with Crippen molar-refractivity contribution in [2.75, 3.05) is 16.8 Å². The van der Waals surface area contributed by atoms with E-state index in [4.69, 9.17) is 17.0 Å². The Kier molecular flexibility index (Phi) is 6.84. The zero-order valence-electron chi connectivity index (χ0n) is 15.6. The van der Waals surface area contributed by atoms with Gasteiger partial charge in [-0.1, -0.05) is 18.2 Å². The van der Waals surface area contributed by atoms with Gasteiger partial charge in [0.25, 0.3) is 5.24 Å². The molecule has 1 heterocycles. The number of rotatable bonds is 6. The monoisotopic (exact) mass is 429 g/mol. The molecule has 2 aromatic carbocycles. The molecule has 1 aliphatic heterocycles. The molecule has 7 nitrogen and oxygen atoms in total. The molecule has 3 rings (SSSR count). The van der Waals surface area contributed by atoms with Crippen LogP contribution < -0.4 is 20.3 Å². The van der Waals surface area contributed by atoms with Crippen molar-refractivity contribution in [3.8, 4) is 5.75 Å². The lowest BCUT2D eigenvalue weighted by Crippen LogP contribution is -2.38. The predicted octanol–water partition coefficient (Wildman–Crippen LogP) is 3.56. The predicted molar refractivity (Wildman–Crippen MR) is 117 cm³/mol. The van der Waals surface area contributed by atoms with Crippen molar-refractivity contribution in [1.29, 1.82) is 0 Å². The Hall–Kier alpha value is -2.91. The lowest BCUT2D eigenvalue weighted by Gasteiger charge is -2.14. The fourth-order valence-electron chi connectivity index (χ4n) is 2.71. The highest BCUT2D eigenvalue weighted by Gasteiger charge is 2.41. The van der Waals surface area contributed by atoms with Gasteiger partial charge in [0.05, 0.1) is 12.3 Å². The standard InChI is InChI=1S/C20H19N3O4S2/c1-2-27-15-10-8-13(9-11-15)21-19(28)22-17(24)12-16-18(25)23(20(26)29-16)14-6-4-3-5-7-14/h3-11,16H,2,12H2,1H3,(H2,21,22,24,28)/t16-/m0/s1. The number of hydrogen-bond donors (Lipinski definition) is 2. The SMILES string of the molecule is CCOc1ccc(NC(=S)NC(=O)C[C@@H]2SC(=O)N(c3ccccc3)C2=O)cc1. The molecule has 0 spiro atoms. The van der Waals surface area contributed by atoms with E-state index < -0.39 is 22.3 Å². The van der Waals surface area contributed by atoms with Crippen LogP contribution >= 0.6 is 24.0 Å². The Labute approximate surface area is 177 Å². The van der Waals surface area contributed by atoms with Gasteiger partial charge < -0.3 is 15.4 Å². The number of thiocarbonyl (C=S) groups is 1. The van der Waals surface area contributed by atoms with E-state index in [2.05, 4.69) is 10.6 Å². The van der Waals surface area contributed by atoms with Gasteiger partial charge >= 0.3 is 0 Å². The van der Waals surface area contributed by atoms with E-state index in [1.807, 2.05) is 6.92 Å². The summed E-state index contributed by atoms with van der Waals surface area (Å²) >= 11 is 5.99. The molecule has 1 aliphatic rings. The van der Waals surface area contributed by atoms with E-state index in [0.717, 1.165) is 22.4 Å². The average Bonchev–Trinajstić information content (AvgIpc) is 2.97. The van der Waals surface area contributed by atoms with Crippen molar-refractivity contribution >= 4 is 57.5 Å². The van der Waals surface area contributed by atoms with Gasteiger partial charge in [0, 0.05) is 12.1 Å². The lowest BCUT2D eigenvalue weighted by atomic mass is 10.2. The van der Waals surface area contributed by atoms with Crippen molar-refractivity contribution in [3.63, 3.8) is 0 Å². The number of amides is 3. The van der Waals surface area contributed by atoms with E-state index in [1.54, 1.807) is 54.6 Å². The van der Waals surface area contributed by atoms with Crippen molar-refractivity contribution in [3.05, 3.63) is 54.6 Å². The first kappa shape index (κ1) is 20.8. The number of nitrogens with zero attached hydrogens (tertiary/aromatic N) is 1. The molecule has 1 atom stereocenters. The first-order valence-electron chi connectivity index (χ1n) is 8.91. The van der Waals surface area contributed by atoms with Crippen LogP contribution in [0.4, 0.5) is 16.2 Å². The summed E-state index contributed by atoms with van der Waals surface area (Å²) in [6.07, 6.45) is -0.149. The molecule has 9 heteroatoms. The second kappa shape index (κ2) is 9.53. The molecular weight excluding hydrogens is 410 g/mol. The van der Waals surface area contributed by atoms with Crippen LogP contribution in [0.5, 0.6) is 5.75 Å². The highest BCUT2D eigenvalue weighted by atomic mass is 32.2. The number of para-hydroxylation sites is 1. The van der Waals surface area contributed by atoms with Crippen molar-refractivity contribution in [1.82, 2.24) is 5.32 Å². The average molecular weight is 430 g/mol. The number of nitrogens with one attached hydrogen (secondary N) is 2. The maximum atomic E-state index is 12.6. The second-order valence-electron chi connectivity index (χ2n) is 6.05. The Morgan fingerprint density at radius 1 is 1.14 bits per heavy atom. The minimum absolute atomic E-state index is 0.112. The molecule has 150 valence electrons. The van der Waals surface area contributed by atoms with Crippen LogP contribution in [0.1, 0.15) is 13.3 Å². The summed E-state index contributed by atoms with van der Waals surface area (Å²) in [6.45, 7) is 2.47. The summed E-state index contributed by atoms with van der Waals surface area (Å²) in [7, 11) is 0. The summed E-state index contributed by atoms with van der Waals surface area (Å²) in [5, 5.41) is 4.37. The summed E-state index contributed by atoms with van der Waals surface area (Å²) < 4.78 is 5.37. The number of carbonyl (C=O) groups excluding carboxylic acids is 3. The fraction of sp³-hybridized carbons (Fsp3) is 0.200. The Bertz CT molecular complexity index is 919. The quantitative estimate of drug-likeness (QED) is 0.679. The third-order valence-electron chi connectivity index (χ3n) is 3.98. The third-order valence-corrected chi connectivity index (χ3v) is 5.22. The molecule has 0 unspecified atom stereocenters. The first-order valence-corrected chi connectivity index (χ1v) is 10.2. The van der Waals surface area contributed by atoms with Crippen molar-refractivity contribution < 1.29 is 19.1 Å². The van der Waals surface area contributed by atoms with Gasteiger partial charge in [-0.15, -0.1) is 0 Å². The Morgan fingerprint density at radius 3 is 2.48 bits per heavy atom. The van der Waals surface area contributed by atoms with Crippen LogP contribution in [0.2, 0.25) is 0 Å². The molecule has 2 aromatic rings. The third kappa shape index (κ3) is 5.33. The van der Waals surface area contributed by atoms with Gasteiger partial charge in [-0.3, -0.25) is 14.4 Å². The maximum Gasteiger partial charge on any atom is 0.293 e. The molecule has 0 radical (unpaired) electrons. The topological polar surface area (TPSA) is 87.7 Å². The molecule has 0 saturated carbocycles. The first-order chi connectivity index (χ1) is 14.0. The highest BCUT2D eigenvalue weighted by molar-refractivity contribution is 8.15. The molecule has 3 amide bonds. The summed E-state index contributed by atoms with van der Waals surface area (Å²) in [5.41, 5.74) is 1.18. The number of hydrogen-bond acceptors (Lipinski definition) is 6. The molecule has 1 fully saturated rings. The lowest BCUT2D eigenvalue weighted by molar-refractivity contribution is -0.123. The highest BCUT2D eigenvalue weighted by Crippen LogP contribution is 2.33. The number of imide groups is 1. The smallest absolute Gasteiger partial charge is 0.293 e. The number of thioether (sulfide) groups is 1. The Balaban J connectivity index is 1.53. The van der Waals surface area contributed by atoms with E-state index in [1.165, 1.54) is 0 Å². The van der Waals surface area contributed by atoms with Gasteiger partial charge in [-0.2, -0.15) is 0 Å². The zero-order chi connectivity index (χ0) is 20.8. The van der Waals surface area contributed by atoms with Gasteiger partial charge in [-0.05, 0) is 67.3 Å². The van der Waals surface area contributed by atoms with E-state index >= 15 is 0 Å². The molecule has 0 aliphatic carbocycles. The van der Waals surface area contributed by atoms with Crippen LogP contribution in [-0.4, -0.2) is 34.0 Å². The van der Waals surface area contributed by atoms with Crippen molar-refractivity contribution in [2.24, 2.45) is 0 Å². The zero-order valence-corrected chi connectivity index (χ0v) is 17.2. The molecule has 0 aromatic heterocycles. The van der Waals surface area contributed by atoms with E-state index in [0.29, 0.717) is 18.0 Å². The van der Waals surface area contributed by atoms with Crippen LogP contribution in [0.15, 0.2) is 54.6 Å². The van der Waals surface area contributed by atoms with Crippen LogP contribution in [0.25, 0.3) is 0 Å². The van der Waals surface area contributed by atoms with E-state index in [9.17, 15) is 14.4 Å². The number of benzene rings is 2. The second-order valence-corrected chi connectivity index (χ2v) is 7.61. The van der Waals surface area contributed by atoms with Crippen LogP contribution in [0, 0.1) is 0 Å². The Morgan fingerprint density at radius 2 is 1.83 bits per heavy atom. The number of ether oxygens (including phenoxy) is 1. The maximum absolute atomic E-state index is 12.6. The fourth-order valence-corrected chi connectivity index (χ4v) is 3.92. The van der Waals surface area contributed by atoms with Gasteiger partial charge in [0.15, 0.2) is 5.11 Å². The van der Waals surface area contributed by atoms with Crippen LogP contribution in [-0.2, 0) is 9.59 Å². The molecular formula is C20H19N3O4S2. The van der Waals surface area contributed by atoms with Gasteiger partial charge in [0.2, 0.25) is 11.8 Å². The normalized spacial score (nSPS) is 15.9. The molecule has 0 bridgehead atoms.